The molecule has 2 heterocycles. The van der Waals surface area contributed by atoms with Crippen LogP contribution in [0.1, 0.15) is 42.0 Å². The highest BCUT2D eigenvalue weighted by Crippen LogP contribution is 2.23. The molecule has 3 rings (SSSR count). The number of oxazole rings is 1. The van der Waals surface area contributed by atoms with Gasteiger partial charge in [0.25, 0.3) is 0 Å². The van der Waals surface area contributed by atoms with Crippen LogP contribution in [0.15, 0.2) is 53.3 Å². The summed E-state index contributed by atoms with van der Waals surface area (Å²) in [6.45, 7) is 6.11. The van der Waals surface area contributed by atoms with Crippen molar-refractivity contribution in [1.82, 2.24) is 15.3 Å². The molecule has 5 heteroatoms. The lowest BCUT2D eigenvalue weighted by atomic mass is 10.1. The number of aromatic nitrogens is 2. The quantitative estimate of drug-likeness (QED) is 0.725. The number of nitrogens with one attached hydrogen (secondary N) is 1. The number of pyridine rings is 1. The van der Waals surface area contributed by atoms with Crippen LogP contribution in [0.4, 0.5) is 0 Å². The number of carbonyl (C=O) groups excluding carboxylic acids is 1. The lowest BCUT2D eigenvalue weighted by molar-refractivity contribution is -0.121. The number of hydrogen-bond acceptors (Lipinski definition) is 4. The molecule has 1 atom stereocenters. The first-order valence-corrected chi connectivity index (χ1v) is 8.74. The Hall–Kier alpha value is -2.95. The molecule has 0 unspecified atom stereocenters. The fourth-order valence-electron chi connectivity index (χ4n) is 2.72. The topological polar surface area (TPSA) is 68.0 Å². The van der Waals surface area contributed by atoms with Crippen molar-refractivity contribution in [2.75, 3.05) is 0 Å². The SMILES string of the molecule is Cc1ccc(-c2cnc(CCC(=O)N[C@@H](C)c3ccncc3)o2)cc1C. The van der Waals surface area contributed by atoms with Gasteiger partial charge in [-0.2, -0.15) is 0 Å². The van der Waals surface area contributed by atoms with Gasteiger partial charge in [-0.15, -0.1) is 0 Å². The Kier molecular flexibility index (Phi) is 5.46. The van der Waals surface area contributed by atoms with Crippen LogP contribution in [0.3, 0.4) is 0 Å². The molecule has 0 radical (unpaired) electrons. The first-order valence-electron chi connectivity index (χ1n) is 8.74. The molecule has 0 fully saturated rings. The average molecular weight is 349 g/mol. The lowest BCUT2D eigenvalue weighted by Gasteiger charge is -2.13. The number of rotatable bonds is 6. The molecule has 3 aromatic rings. The van der Waals surface area contributed by atoms with Crippen LogP contribution in [0, 0.1) is 13.8 Å². The number of aryl methyl sites for hydroxylation is 3. The van der Waals surface area contributed by atoms with Gasteiger partial charge in [0.15, 0.2) is 11.7 Å². The standard InChI is InChI=1S/C21H23N3O2/c1-14-4-5-18(12-15(14)2)19-13-23-21(26-19)7-6-20(25)24-16(3)17-8-10-22-11-9-17/h4-5,8-13,16H,6-7H2,1-3H3,(H,24,25)/t16-/m0/s1. The van der Waals surface area contributed by atoms with Gasteiger partial charge in [-0.25, -0.2) is 4.98 Å². The van der Waals surface area contributed by atoms with Crippen molar-refractivity contribution in [3.63, 3.8) is 0 Å². The van der Waals surface area contributed by atoms with E-state index in [0.29, 0.717) is 18.7 Å². The van der Waals surface area contributed by atoms with E-state index in [2.05, 4.69) is 41.3 Å². The molecule has 0 aliphatic carbocycles. The molecular weight excluding hydrogens is 326 g/mol. The van der Waals surface area contributed by atoms with Gasteiger partial charge in [0.2, 0.25) is 5.91 Å². The molecular formula is C21H23N3O2. The van der Waals surface area contributed by atoms with Gasteiger partial charge in [-0.3, -0.25) is 9.78 Å². The van der Waals surface area contributed by atoms with Gasteiger partial charge >= 0.3 is 0 Å². The molecule has 5 nitrogen and oxygen atoms in total. The van der Waals surface area contributed by atoms with Crippen molar-refractivity contribution >= 4 is 5.91 Å². The Morgan fingerprint density at radius 1 is 1.15 bits per heavy atom. The van der Waals surface area contributed by atoms with Crippen LogP contribution in [0.5, 0.6) is 0 Å². The Morgan fingerprint density at radius 2 is 1.92 bits per heavy atom. The number of nitrogens with zero attached hydrogens (tertiary/aromatic N) is 2. The third kappa shape index (κ3) is 4.36. The molecule has 0 aliphatic rings. The first kappa shape index (κ1) is 17.9. The molecule has 0 saturated carbocycles. The van der Waals surface area contributed by atoms with Gasteiger partial charge in [0.05, 0.1) is 12.2 Å². The zero-order chi connectivity index (χ0) is 18.5. The summed E-state index contributed by atoms with van der Waals surface area (Å²) in [7, 11) is 0. The highest BCUT2D eigenvalue weighted by atomic mass is 16.4. The van der Waals surface area contributed by atoms with E-state index in [1.54, 1.807) is 18.6 Å². The van der Waals surface area contributed by atoms with Crippen molar-refractivity contribution < 1.29 is 9.21 Å². The van der Waals surface area contributed by atoms with E-state index in [4.69, 9.17) is 4.42 Å². The third-order valence-electron chi connectivity index (χ3n) is 4.49. The highest BCUT2D eigenvalue weighted by Gasteiger charge is 2.12. The van der Waals surface area contributed by atoms with Crippen molar-refractivity contribution in [3.8, 4) is 11.3 Å². The minimum Gasteiger partial charge on any atom is -0.441 e. The fourth-order valence-corrected chi connectivity index (χ4v) is 2.72. The maximum atomic E-state index is 12.2. The second kappa shape index (κ2) is 7.95. The monoisotopic (exact) mass is 349 g/mol. The van der Waals surface area contributed by atoms with Crippen molar-refractivity contribution in [3.05, 3.63) is 71.5 Å². The van der Waals surface area contributed by atoms with E-state index in [0.717, 1.165) is 16.9 Å². The highest BCUT2D eigenvalue weighted by molar-refractivity contribution is 5.76. The van der Waals surface area contributed by atoms with Crippen LogP contribution in [0.25, 0.3) is 11.3 Å². The largest absolute Gasteiger partial charge is 0.441 e. The summed E-state index contributed by atoms with van der Waals surface area (Å²) in [6, 6.07) is 9.92. The lowest BCUT2D eigenvalue weighted by Crippen LogP contribution is -2.26. The van der Waals surface area contributed by atoms with Crippen LogP contribution < -0.4 is 5.32 Å². The zero-order valence-electron chi connectivity index (χ0n) is 15.3. The summed E-state index contributed by atoms with van der Waals surface area (Å²) >= 11 is 0. The molecule has 134 valence electrons. The second-order valence-electron chi connectivity index (χ2n) is 6.49. The Morgan fingerprint density at radius 3 is 2.65 bits per heavy atom. The van der Waals surface area contributed by atoms with E-state index in [1.807, 2.05) is 25.1 Å². The predicted molar refractivity (Wildman–Crippen MR) is 101 cm³/mol. The molecule has 2 aromatic heterocycles. The molecule has 1 amide bonds. The minimum atomic E-state index is -0.0545. The molecule has 26 heavy (non-hydrogen) atoms. The Balaban J connectivity index is 1.56. The number of carbonyl (C=O) groups is 1. The predicted octanol–water partition coefficient (Wildman–Crippen LogP) is 4.16. The van der Waals surface area contributed by atoms with Gasteiger partial charge in [0.1, 0.15) is 0 Å². The molecule has 1 aromatic carbocycles. The normalized spacial score (nSPS) is 12.0. The smallest absolute Gasteiger partial charge is 0.220 e. The third-order valence-corrected chi connectivity index (χ3v) is 4.49. The Bertz CT molecular complexity index is 887. The summed E-state index contributed by atoms with van der Waals surface area (Å²) in [5.41, 5.74) is 4.49. The molecule has 0 bridgehead atoms. The van der Waals surface area contributed by atoms with E-state index in [9.17, 15) is 4.79 Å². The van der Waals surface area contributed by atoms with Gasteiger partial charge in [-0.1, -0.05) is 12.1 Å². The van der Waals surface area contributed by atoms with Crippen molar-refractivity contribution in [2.24, 2.45) is 0 Å². The van der Waals surface area contributed by atoms with Crippen molar-refractivity contribution in [1.29, 1.82) is 0 Å². The van der Waals surface area contributed by atoms with Gasteiger partial charge < -0.3 is 9.73 Å². The fraction of sp³-hybridized carbons (Fsp3) is 0.286. The van der Waals surface area contributed by atoms with Crippen molar-refractivity contribution in [2.45, 2.75) is 39.7 Å². The molecule has 0 saturated heterocycles. The summed E-state index contributed by atoms with van der Waals surface area (Å²) in [5.74, 6) is 1.28. The van der Waals surface area contributed by atoms with E-state index >= 15 is 0 Å². The van der Waals surface area contributed by atoms with E-state index < -0.39 is 0 Å². The van der Waals surface area contributed by atoms with Crippen LogP contribution in [-0.2, 0) is 11.2 Å². The summed E-state index contributed by atoms with van der Waals surface area (Å²) in [6.07, 6.45) is 5.97. The average Bonchev–Trinajstić information content (AvgIpc) is 3.12. The number of benzene rings is 1. The van der Waals surface area contributed by atoms with E-state index in [-0.39, 0.29) is 11.9 Å². The van der Waals surface area contributed by atoms with Crippen LogP contribution in [0.2, 0.25) is 0 Å². The zero-order valence-corrected chi connectivity index (χ0v) is 15.3. The van der Waals surface area contributed by atoms with Crippen LogP contribution >= 0.6 is 0 Å². The maximum Gasteiger partial charge on any atom is 0.220 e. The number of amides is 1. The second-order valence-corrected chi connectivity index (χ2v) is 6.49. The van der Waals surface area contributed by atoms with E-state index in [1.165, 1.54) is 11.1 Å². The molecule has 1 N–H and O–H groups in total. The molecule has 0 spiro atoms. The number of hydrogen-bond donors (Lipinski definition) is 1. The summed E-state index contributed by atoms with van der Waals surface area (Å²) in [4.78, 5) is 20.4. The minimum absolute atomic E-state index is 0.0276. The molecule has 0 aliphatic heterocycles. The summed E-state index contributed by atoms with van der Waals surface area (Å²) < 4.78 is 5.81. The van der Waals surface area contributed by atoms with Crippen LogP contribution in [-0.4, -0.2) is 15.9 Å². The first-order chi connectivity index (χ1) is 12.5. The maximum absolute atomic E-state index is 12.2. The van der Waals surface area contributed by atoms with Gasteiger partial charge in [-0.05, 0) is 55.7 Å². The summed E-state index contributed by atoms with van der Waals surface area (Å²) in [5, 5.41) is 2.98. The van der Waals surface area contributed by atoms with Gasteiger partial charge in [0, 0.05) is 30.8 Å². The Labute approximate surface area is 153 Å².